The molecule has 0 aliphatic carbocycles. The molecule has 1 aliphatic heterocycles. The van der Waals surface area contributed by atoms with E-state index in [0.29, 0.717) is 59.0 Å². The maximum Gasteiger partial charge on any atom is 0.411 e. The van der Waals surface area contributed by atoms with Gasteiger partial charge in [0.25, 0.3) is 0 Å². The van der Waals surface area contributed by atoms with E-state index < -0.39 is 24.1 Å². The van der Waals surface area contributed by atoms with Gasteiger partial charge in [-0.1, -0.05) is 30.5 Å². The Balaban J connectivity index is 1.44. The molecule has 2 aromatic carbocycles. The van der Waals surface area contributed by atoms with E-state index in [1.165, 1.54) is 31.3 Å². The molecular weight excluding hydrogens is 640 g/mol. The van der Waals surface area contributed by atoms with Gasteiger partial charge in [-0.05, 0) is 77.4 Å². The first-order chi connectivity index (χ1) is 23.3. The van der Waals surface area contributed by atoms with Crippen LogP contribution in [0.15, 0.2) is 67.1 Å². The van der Waals surface area contributed by atoms with Gasteiger partial charge in [-0.3, -0.25) is 15.1 Å². The zero-order chi connectivity index (χ0) is 33.9. The number of carbonyl (C=O) groups is 3. The van der Waals surface area contributed by atoms with Crippen molar-refractivity contribution in [3.8, 4) is 16.8 Å². The van der Waals surface area contributed by atoms with Gasteiger partial charge in [0, 0.05) is 46.9 Å². The molecule has 15 heteroatoms. The molecule has 2 atom stereocenters. The lowest BCUT2D eigenvalue weighted by atomic mass is 9.96. The number of pyridine rings is 1. The van der Waals surface area contributed by atoms with E-state index in [9.17, 15) is 14.4 Å². The number of esters is 1. The summed E-state index contributed by atoms with van der Waals surface area (Å²) in [6.45, 7) is 0.389. The van der Waals surface area contributed by atoms with Crippen LogP contribution in [0.4, 0.5) is 16.2 Å². The van der Waals surface area contributed by atoms with Crippen LogP contribution in [-0.4, -0.2) is 76.6 Å². The van der Waals surface area contributed by atoms with E-state index in [0.717, 1.165) is 11.1 Å². The molecule has 2 bridgehead atoms. The van der Waals surface area contributed by atoms with E-state index in [4.69, 9.17) is 25.8 Å². The molecule has 0 spiro atoms. The molecular formula is C33H35ClN8O6. The molecule has 5 rings (SSSR count). The summed E-state index contributed by atoms with van der Waals surface area (Å²) in [6.07, 6.45) is 7.94. The number of fused-ring (bicyclic) bond motifs is 4. The number of hydrogen-bond acceptors (Lipinski definition) is 11. The summed E-state index contributed by atoms with van der Waals surface area (Å²) in [5.74, 6) is -0.754. The second-order valence-electron chi connectivity index (χ2n) is 10.8. The molecule has 2 aromatic heterocycles. The zero-order valence-corrected chi connectivity index (χ0v) is 27.1. The van der Waals surface area contributed by atoms with Gasteiger partial charge >= 0.3 is 12.1 Å². The summed E-state index contributed by atoms with van der Waals surface area (Å²) in [6, 6.07) is 13.1. The van der Waals surface area contributed by atoms with Gasteiger partial charge in [0.05, 0.1) is 31.1 Å². The van der Waals surface area contributed by atoms with Crippen LogP contribution < -0.4 is 16.0 Å². The van der Waals surface area contributed by atoms with Gasteiger partial charge in [0.15, 0.2) is 0 Å². The third kappa shape index (κ3) is 8.92. The molecule has 0 fully saturated rings. The number of benzene rings is 2. The number of amides is 2. The minimum Gasteiger partial charge on any atom is -0.462 e. The Morgan fingerprint density at radius 3 is 2.71 bits per heavy atom. The lowest BCUT2D eigenvalue weighted by Gasteiger charge is -2.24. The topological polar surface area (TPSA) is 171 Å². The second kappa shape index (κ2) is 16.5. The number of halogens is 1. The number of carbonyl (C=O) groups excluding carboxylic acids is 3. The summed E-state index contributed by atoms with van der Waals surface area (Å²) < 4.78 is 16.8. The van der Waals surface area contributed by atoms with Crippen molar-refractivity contribution in [1.29, 1.82) is 0 Å². The molecule has 48 heavy (non-hydrogen) atoms. The number of hydrogen-bond donors (Lipinski definition) is 3. The Kier molecular flexibility index (Phi) is 11.7. The largest absolute Gasteiger partial charge is 0.462 e. The van der Waals surface area contributed by atoms with Gasteiger partial charge in [0.2, 0.25) is 5.91 Å². The molecule has 0 unspecified atom stereocenters. The Morgan fingerprint density at radius 1 is 1.06 bits per heavy atom. The standard InChI is InChI=1S/C33H35ClN8O6/c1-46-15-16-48-32(44)27-6-4-3-5-26(39-31(43)12-7-22-17-23(34)8-11-30(22)42-20-36-40-41-42)29-18-21(13-14-35-29)25-10-9-24(19-28(25)38-27)37-33(45)47-2/h7-14,17-20,26-27,38H,3-6,15-16H2,1-2H3,(H,37,45)(H,39,43)/b12-7+/t26-,27+/m0/s1. The van der Waals surface area contributed by atoms with Crippen LogP contribution in [-0.2, 0) is 23.8 Å². The van der Waals surface area contributed by atoms with E-state index in [2.05, 4.69) is 36.5 Å². The van der Waals surface area contributed by atoms with Crippen LogP contribution in [0.3, 0.4) is 0 Å². The zero-order valence-electron chi connectivity index (χ0n) is 26.4. The number of aromatic nitrogens is 5. The van der Waals surface area contributed by atoms with Crippen molar-refractivity contribution < 1.29 is 28.6 Å². The number of methoxy groups -OCH3 is 2. The Labute approximate surface area is 281 Å². The average molecular weight is 675 g/mol. The molecule has 3 heterocycles. The van der Waals surface area contributed by atoms with Crippen LogP contribution in [0.1, 0.15) is 43.0 Å². The van der Waals surface area contributed by atoms with Crippen molar-refractivity contribution in [2.24, 2.45) is 0 Å². The average Bonchev–Trinajstić information content (AvgIpc) is 3.63. The predicted molar refractivity (Wildman–Crippen MR) is 178 cm³/mol. The molecule has 2 amide bonds. The highest BCUT2D eigenvalue weighted by Gasteiger charge is 2.24. The molecule has 0 radical (unpaired) electrons. The predicted octanol–water partition coefficient (Wildman–Crippen LogP) is 4.97. The van der Waals surface area contributed by atoms with Gasteiger partial charge in [0.1, 0.15) is 19.0 Å². The first kappa shape index (κ1) is 34.0. The van der Waals surface area contributed by atoms with E-state index in [1.54, 1.807) is 42.6 Å². The fourth-order valence-electron chi connectivity index (χ4n) is 5.25. The van der Waals surface area contributed by atoms with Crippen molar-refractivity contribution in [3.05, 3.63) is 83.4 Å². The van der Waals surface area contributed by atoms with Gasteiger partial charge in [-0.2, -0.15) is 4.68 Å². The molecule has 4 aromatic rings. The minimum absolute atomic E-state index is 0.117. The Hall–Kier alpha value is -5.34. The van der Waals surface area contributed by atoms with Gasteiger partial charge < -0.3 is 24.8 Å². The van der Waals surface area contributed by atoms with E-state index in [-0.39, 0.29) is 19.1 Å². The first-order valence-electron chi connectivity index (χ1n) is 15.2. The highest BCUT2D eigenvalue weighted by atomic mass is 35.5. The van der Waals surface area contributed by atoms with Crippen LogP contribution in [0, 0.1) is 0 Å². The highest BCUT2D eigenvalue weighted by Crippen LogP contribution is 2.34. The molecule has 0 saturated carbocycles. The summed E-state index contributed by atoms with van der Waals surface area (Å²) in [4.78, 5) is 43.1. The Bertz CT molecular complexity index is 1770. The summed E-state index contributed by atoms with van der Waals surface area (Å²) in [5, 5.41) is 20.9. The molecule has 1 aliphatic rings. The van der Waals surface area contributed by atoms with Crippen LogP contribution in [0.25, 0.3) is 22.9 Å². The van der Waals surface area contributed by atoms with Gasteiger partial charge in [-0.15, -0.1) is 5.10 Å². The van der Waals surface area contributed by atoms with Crippen LogP contribution in [0.2, 0.25) is 5.02 Å². The minimum atomic E-state index is -0.683. The maximum atomic E-state index is 13.3. The maximum absolute atomic E-state index is 13.3. The smallest absolute Gasteiger partial charge is 0.411 e. The normalized spacial score (nSPS) is 16.1. The number of nitrogens with zero attached hydrogens (tertiary/aromatic N) is 5. The van der Waals surface area contributed by atoms with Crippen molar-refractivity contribution in [3.63, 3.8) is 0 Å². The number of tetrazole rings is 1. The number of ether oxygens (including phenoxy) is 3. The van der Waals surface area contributed by atoms with E-state index >= 15 is 0 Å². The number of rotatable bonds is 9. The van der Waals surface area contributed by atoms with Crippen molar-refractivity contribution in [1.82, 2.24) is 30.5 Å². The quantitative estimate of drug-likeness (QED) is 0.124. The molecule has 250 valence electrons. The monoisotopic (exact) mass is 674 g/mol. The molecule has 14 nitrogen and oxygen atoms in total. The van der Waals surface area contributed by atoms with Crippen LogP contribution in [0.5, 0.6) is 0 Å². The summed E-state index contributed by atoms with van der Waals surface area (Å²) in [7, 11) is 2.81. The van der Waals surface area contributed by atoms with Crippen molar-refractivity contribution >= 4 is 47.0 Å². The highest BCUT2D eigenvalue weighted by molar-refractivity contribution is 6.30. The summed E-state index contributed by atoms with van der Waals surface area (Å²) in [5.41, 5.74) is 4.59. The van der Waals surface area contributed by atoms with Crippen molar-refractivity contribution in [2.75, 3.05) is 38.1 Å². The first-order valence-corrected chi connectivity index (χ1v) is 15.6. The number of anilines is 2. The summed E-state index contributed by atoms with van der Waals surface area (Å²) >= 11 is 6.24. The number of nitrogens with one attached hydrogen (secondary N) is 3. The molecule has 3 N–H and O–H groups in total. The van der Waals surface area contributed by atoms with Crippen LogP contribution >= 0.6 is 11.6 Å². The third-order valence-electron chi connectivity index (χ3n) is 7.60. The fourth-order valence-corrected chi connectivity index (χ4v) is 5.43. The lowest BCUT2D eigenvalue weighted by Crippen LogP contribution is -2.33. The van der Waals surface area contributed by atoms with Gasteiger partial charge in [-0.25, -0.2) is 9.59 Å². The lowest BCUT2D eigenvalue weighted by molar-refractivity contribution is -0.146. The van der Waals surface area contributed by atoms with E-state index in [1.807, 2.05) is 18.2 Å². The Morgan fingerprint density at radius 2 is 1.92 bits per heavy atom. The second-order valence-corrected chi connectivity index (χ2v) is 11.3. The van der Waals surface area contributed by atoms with Crippen molar-refractivity contribution in [2.45, 2.75) is 37.8 Å². The SMILES string of the molecule is COCCOC(=O)[C@H]1CCCC[C@H](NC(=O)/C=C/c2cc(Cl)ccc2-n2cnnn2)c2cc(ccn2)-c2ccc(NC(=O)OC)cc2N1. The fraction of sp³-hybridized carbons (Fsp3) is 0.303. The third-order valence-corrected chi connectivity index (χ3v) is 7.83. The molecule has 0 saturated heterocycles.